The minimum absolute atomic E-state index is 0. The molecule has 24 heavy (non-hydrogen) atoms. The fourth-order valence-electron chi connectivity index (χ4n) is 1.95. The molecule has 0 saturated carbocycles. The smallest absolute Gasteiger partial charge is 0.216 e. The average Bonchev–Trinajstić information content (AvgIpc) is 2.47. The molecule has 0 saturated heterocycles. The number of guanidine groups is 1. The predicted octanol–water partition coefficient (Wildman–Crippen LogP) is 1.98. The highest BCUT2D eigenvalue weighted by atomic mass is 127. The lowest BCUT2D eigenvalue weighted by molar-refractivity contribution is 0.569. The second kappa shape index (κ2) is 11.4. The lowest BCUT2D eigenvalue weighted by atomic mass is 10.1. The molecule has 0 aliphatic carbocycles. The summed E-state index contributed by atoms with van der Waals surface area (Å²) in [5.41, 5.74) is 1.81. The molecule has 6 nitrogen and oxygen atoms in total. The topological polar surface area (TPSA) is 82.6 Å². The van der Waals surface area contributed by atoms with Crippen LogP contribution >= 0.6 is 24.0 Å². The van der Waals surface area contributed by atoms with Gasteiger partial charge in [-0.1, -0.05) is 30.3 Å². The van der Waals surface area contributed by atoms with E-state index < -0.39 is 10.0 Å². The zero-order chi connectivity index (χ0) is 17.3. The quantitative estimate of drug-likeness (QED) is 0.237. The molecule has 1 aromatic carbocycles. The fraction of sp³-hybridized carbons (Fsp3) is 0.438. The highest BCUT2D eigenvalue weighted by Gasteiger charge is 2.12. The van der Waals surface area contributed by atoms with Crippen LogP contribution in [0.15, 0.2) is 41.9 Å². The van der Waals surface area contributed by atoms with E-state index in [1.54, 1.807) is 27.0 Å². The van der Waals surface area contributed by atoms with Gasteiger partial charge >= 0.3 is 0 Å². The molecule has 0 aliphatic rings. The molecule has 1 rings (SSSR count). The largest absolute Gasteiger partial charge is 0.353 e. The van der Waals surface area contributed by atoms with E-state index in [9.17, 15) is 8.42 Å². The van der Waals surface area contributed by atoms with Crippen molar-refractivity contribution in [3.63, 3.8) is 0 Å². The van der Waals surface area contributed by atoms with Gasteiger partial charge in [0.2, 0.25) is 10.0 Å². The molecule has 136 valence electrons. The maximum atomic E-state index is 11.9. The van der Waals surface area contributed by atoms with E-state index in [1.165, 1.54) is 0 Å². The maximum Gasteiger partial charge on any atom is 0.216 e. The number of sulfonamides is 1. The van der Waals surface area contributed by atoms with E-state index in [1.807, 2.05) is 24.3 Å². The van der Waals surface area contributed by atoms with E-state index in [4.69, 9.17) is 0 Å². The van der Waals surface area contributed by atoms with Gasteiger partial charge in [-0.3, -0.25) is 4.99 Å². The number of nitrogens with zero attached hydrogens (tertiary/aromatic N) is 1. The lowest BCUT2D eigenvalue weighted by Gasteiger charge is -2.11. The molecule has 0 bridgehead atoms. The van der Waals surface area contributed by atoms with Crippen molar-refractivity contribution in [3.05, 3.63) is 48.0 Å². The van der Waals surface area contributed by atoms with Crippen LogP contribution in [0.5, 0.6) is 0 Å². The molecule has 3 N–H and O–H groups in total. The van der Waals surface area contributed by atoms with Crippen LogP contribution in [0.3, 0.4) is 0 Å². The zero-order valence-corrected chi connectivity index (χ0v) is 17.5. The summed E-state index contributed by atoms with van der Waals surface area (Å²) in [6, 6.07) is 7.38. The summed E-state index contributed by atoms with van der Waals surface area (Å²) in [7, 11) is -1.59. The third-order valence-corrected chi connectivity index (χ3v) is 4.44. The van der Waals surface area contributed by atoms with Gasteiger partial charge in [0.1, 0.15) is 0 Å². The number of rotatable bonds is 8. The van der Waals surface area contributed by atoms with Gasteiger partial charge in [-0.05, 0) is 25.0 Å². The van der Waals surface area contributed by atoms with Gasteiger partial charge in [-0.2, -0.15) is 0 Å². The van der Waals surface area contributed by atoms with Crippen LogP contribution in [0, 0.1) is 0 Å². The van der Waals surface area contributed by atoms with Crippen molar-refractivity contribution in [3.8, 4) is 0 Å². The molecule has 0 unspecified atom stereocenters. The Kier molecular flexibility index (Phi) is 10.9. The van der Waals surface area contributed by atoms with E-state index in [2.05, 4.69) is 26.9 Å². The number of nitrogens with one attached hydrogen (secondary N) is 3. The summed E-state index contributed by atoms with van der Waals surface area (Å²) in [4.78, 5) is 4.09. The Morgan fingerprint density at radius 3 is 2.29 bits per heavy atom. The first-order valence-electron chi connectivity index (χ1n) is 7.49. The molecule has 1 aromatic rings. The number of aliphatic imine (C=N–C) groups is 1. The molecule has 0 atom stereocenters. The van der Waals surface area contributed by atoms with Crippen molar-refractivity contribution in [1.29, 1.82) is 0 Å². The Bertz CT molecular complexity index is 628. The molecule has 0 radical (unpaired) electrons. The Labute approximate surface area is 162 Å². The molecule has 0 spiro atoms. The van der Waals surface area contributed by atoms with Crippen LogP contribution in [0.4, 0.5) is 0 Å². The van der Waals surface area contributed by atoms with Crippen molar-refractivity contribution >= 4 is 40.0 Å². The van der Waals surface area contributed by atoms with Crippen LogP contribution in [0.25, 0.3) is 0 Å². The Morgan fingerprint density at radius 2 is 1.79 bits per heavy atom. The molecule has 0 aromatic heterocycles. The van der Waals surface area contributed by atoms with Crippen LogP contribution in [-0.4, -0.2) is 34.0 Å². The van der Waals surface area contributed by atoms with Gasteiger partial charge in [0.05, 0.1) is 5.75 Å². The minimum atomic E-state index is -3.29. The molecule has 0 fully saturated rings. The van der Waals surface area contributed by atoms with Gasteiger partial charge < -0.3 is 10.6 Å². The first-order chi connectivity index (χ1) is 10.9. The van der Waals surface area contributed by atoms with Gasteiger partial charge in [-0.25, -0.2) is 13.1 Å². The van der Waals surface area contributed by atoms with E-state index in [0.717, 1.165) is 11.1 Å². The molecule has 0 heterocycles. The van der Waals surface area contributed by atoms with Gasteiger partial charge in [0.25, 0.3) is 0 Å². The summed E-state index contributed by atoms with van der Waals surface area (Å²) >= 11 is 0. The number of hydrogen-bond donors (Lipinski definition) is 3. The lowest BCUT2D eigenvalue weighted by Crippen LogP contribution is -2.36. The monoisotopic (exact) mass is 466 g/mol. The van der Waals surface area contributed by atoms with Gasteiger partial charge in [-0.15, -0.1) is 30.6 Å². The molecular weight excluding hydrogens is 439 g/mol. The number of halogens is 1. The first-order valence-corrected chi connectivity index (χ1v) is 9.14. The highest BCUT2D eigenvalue weighted by molar-refractivity contribution is 14.0. The van der Waals surface area contributed by atoms with Crippen LogP contribution in [0.1, 0.15) is 25.0 Å². The normalized spacial score (nSPS) is 11.8. The van der Waals surface area contributed by atoms with Crippen LogP contribution in [-0.2, 0) is 22.3 Å². The van der Waals surface area contributed by atoms with Crippen LogP contribution < -0.4 is 15.4 Å². The SMILES string of the molecule is C=CCNC(=NC)NCc1ccc(CS(=O)(=O)NC(C)C)cc1.I. The number of hydrogen-bond acceptors (Lipinski definition) is 3. The highest BCUT2D eigenvalue weighted by Crippen LogP contribution is 2.08. The van der Waals surface area contributed by atoms with Crippen molar-refractivity contribution in [1.82, 2.24) is 15.4 Å². The molecule has 0 amide bonds. The van der Waals surface area contributed by atoms with Crippen molar-refractivity contribution < 1.29 is 8.42 Å². The summed E-state index contributed by atoms with van der Waals surface area (Å²) < 4.78 is 26.4. The standard InChI is InChI=1S/C16H26N4O2S.HI/c1-5-10-18-16(17-4)19-11-14-6-8-15(9-7-14)12-23(21,22)20-13(2)3;/h5-9,13,20H,1,10-12H2,2-4H3,(H2,17,18,19);1H. The Hall–Kier alpha value is -1.13. The summed E-state index contributed by atoms with van der Waals surface area (Å²) in [5.74, 6) is 0.680. The maximum absolute atomic E-state index is 11.9. The summed E-state index contributed by atoms with van der Waals surface area (Å²) in [6.45, 7) is 8.50. The van der Waals surface area contributed by atoms with Gasteiger partial charge in [0, 0.05) is 26.2 Å². The first kappa shape index (κ1) is 22.9. The molecule has 0 aliphatic heterocycles. The summed E-state index contributed by atoms with van der Waals surface area (Å²) in [5, 5.41) is 6.26. The second-order valence-electron chi connectivity index (χ2n) is 5.44. The van der Waals surface area contributed by atoms with Crippen molar-refractivity contribution in [2.24, 2.45) is 4.99 Å². The Balaban J connectivity index is 0.00000529. The van der Waals surface area contributed by atoms with Crippen molar-refractivity contribution in [2.75, 3.05) is 13.6 Å². The number of benzene rings is 1. The minimum Gasteiger partial charge on any atom is -0.353 e. The van der Waals surface area contributed by atoms with Crippen LogP contribution in [0.2, 0.25) is 0 Å². The third-order valence-electron chi connectivity index (χ3n) is 2.89. The molecular formula is C16H27IN4O2S. The summed E-state index contributed by atoms with van der Waals surface area (Å²) in [6.07, 6.45) is 1.76. The second-order valence-corrected chi connectivity index (χ2v) is 7.20. The Morgan fingerprint density at radius 1 is 1.21 bits per heavy atom. The van der Waals surface area contributed by atoms with E-state index in [0.29, 0.717) is 19.0 Å². The van der Waals surface area contributed by atoms with E-state index >= 15 is 0 Å². The average molecular weight is 466 g/mol. The van der Waals surface area contributed by atoms with E-state index in [-0.39, 0.29) is 35.8 Å². The fourth-order valence-corrected chi connectivity index (χ4v) is 3.38. The van der Waals surface area contributed by atoms with Crippen molar-refractivity contribution in [2.45, 2.75) is 32.2 Å². The predicted molar refractivity (Wildman–Crippen MR) is 111 cm³/mol. The third kappa shape index (κ3) is 9.24. The zero-order valence-electron chi connectivity index (χ0n) is 14.4. The molecule has 8 heteroatoms. The van der Waals surface area contributed by atoms with Gasteiger partial charge in [0.15, 0.2) is 5.96 Å².